The molecule has 0 aromatic carbocycles. The van der Waals surface area contributed by atoms with E-state index >= 15 is 0 Å². The van der Waals surface area contributed by atoms with Gasteiger partial charge in [0.15, 0.2) is 6.10 Å². The summed E-state index contributed by atoms with van der Waals surface area (Å²) in [6.45, 7) is 0. The minimum atomic E-state index is -4.61. The topological polar surface area (TPSA) is 33.1 Å². The molecule has 0 bridgehead atoms. The molecule has 0 spiro atoms. The Hall–Kier alpha value is -1.10. The molecule has 1 aromatic heterocycles. The van der Waals surface area contributed by atoms with Crippen LogP contribution in [0.1, 0.15) is 11.7 Å². The number of halogens is 3. The van der Waals surface area contributed by atoms with Gasteiger partial charge in [0, 0.05) is 12.4 Å². The van der Waals surface area contributed by atoms with E-state index in [1.807, 2.05) is 0 Å². The zero-order valence-corrected chi connectivity index (χ0v) is 5.92. The Bertz CT molecular complexity index is 247. The van der Waals surface area contributed by atoms with Crippen LogP contribution < -0.4 is 0 Å². The van der Waals surface area contributed by atoms with Crippen LogP contribution in [0, 0.1) is 0 Å². The van der Waals surface area contributed by atoms with Crippen molar-refractivity contribution in [3.8, 4) is 0 Å². The summed E-state index contributed by atoms with van der Waals surface area (Å²) < 4.78 is 35.6. The van der Waals surface area contributed by atoms with Gasteiger partial charge in [-0.15, -0.1) is 0 Å². The number of alkyl halides is 3. The maximum absolute atomic E-state index is 11.9. The molecule has 0 radical (unpaired) electrons. The predicted molar refractivity (Wildman–Crippen MR) is 35.3 cm³/mol. The number of rotatable bonds is 1. The number of aliphatic hydroxyl groups excluding tert-OH is 1. The third kappa shape index (κ3) is 1.94. The molecule has 0 fully saturated rings. The van der Waals surface area contributed by atoms with Gasteiger partial charge in [0.25, 0.3) is 0 Å². The van der Waals surface area contributed by atoms with Crippen molar-refractivity contribution in [1.82, 2.24) is 4.98 Å². The van der Waals surface area contributed by atoms with Crippen molar-refractivity contribution in [2.45, 2.75) is 12.3 Å². The molecule has 12 heavy (non-hydrogen) atoms. The van der Waals surface area contributed by atoms with Gasteiger partial charge in [-0.1, -0.05) is 0 Å². The monoisotopic (exact) mass is 177 g/mol. The zero-order valence-electron chi connectivity index (χ0n) is 5.92. The Balaban J connectivity index is 2.86. The molecule has 1 aromatic rings. The molecular formula is C7H6F3NO. The van der Waals surface area contributed by atoms with Crippen LogP contribution in [-0.2, 0) is 0 Å². The minimum Gasteiger partial charge on any atom is -0.379 e. The molecule has 0 aliphatic carbocycles. The second-order valence-electron chi connectivity index (χ2n) is 2.22. The van der Waals surface area contributed by atoms with Crippen LogP contribution in [0.2, 0.25) is 0 Å². The van der Waals surface area contributed by atoms with E-state index in [2.05, 4.69) is 4.98 Å². The van der Waals surface area contributed by atoms with Gasteiger partial charge in [0.2, 0.25) is 0 Å². The molecule has 1 heterocycles. The zero-order chi connectivity index (χ0) is 9.19. The first-order valence-corrected chi connectivity index (χ1v) is 3.16. The van der Waals surface area contributed by atoms with E-state index in [0.29, 0.717) is 0 Å². The number of hydrogen-bond donors (Lipinski definition) is 1. The Morgan fingerprint density at radius 2 is 1.75 bits per heavy atom. The molecule has 66 valence electrons. The fourth-order valence-corrected chi connectivity index (χ4v) is 0.735. The highest BCUT2D eigenvalue weighted by Crippen LogP contribution is 2.31. The second kappa shape index (κ2) is 3.10. The van der Waals surface area contributed by atoms with Gasteiger partial charge in [-0.25, -0.2) is 0 Å². The summed E-state index contributed by atoms with van der Waals surface area (Å²) in [6, 6.07) is 2.25. The van der Waals surface area contributed by atoms with E-state index in [-0.39, 0.29) is 5.56 Å². The number of aromatic nitrogens is 1. The standard InChI is InChI=1S/C7H6F3NO/c8-7(9,10)6(12)5-1-3-11-4-2-5/h1-4,6,12H/t6-/m1/s1. The number of nitrogens with zero attached hydrogens (tertiary/aromatic N) is 1. The Kier molecular flexibility index (Phi) is 2.32. The van der Waals surface area contributed by atoms with Crippen LogP contribution >= 0.6 is 0 Å². The van der Waals surface area contributed by atoms with E-state index in [1.54, 1.807) is 0 Å². The van der Waals surface area contributed by atoms with Crippen LogP contribution in [0.5, 0.6) is 0 Å². The van der Waals surface area contributed by atoms with Gasteiger partial charge in [-0.3, -0.25) is 4.98 Å². The fraction of sp³-hybridized carbons (Fsp3) is 0.286. The van der Waals surface area contributed by atoms with Crippen LogP contribution in [0.4, 0.5) is 13.2 Å². The number of hydrogen-bond acceptors (Lipinski definition) is 2. The summed E-state index contributed by atoms with van der Waals surface area (Å²) in [5.74, 6) is 0. The SMILES string of the molecule is O[C@H](c1ccncc1)C(F)(F)F. The van der Waals surface area contributed by atoms with Gasteiger partial charge in [0.05, 0.1) is 0 Å². The Morgan fingerprint density at radius 3 is 2.17 bits per heavy atom. The van der Waals surface area contributed by atoms with Crippen LogP contribution in [0.25, 0.3) is 0 Å². The maximum Gasteiger partial charge on any atom is 0.418 e. The number of pyridine rings is 1. The lowest BCUT2D eigenvalue weighted by atomic mass is 10.1. The molecule has 5 heteroatoms. The van der Waals surface area contributed by atoms with Gasteiger partial charge in [0.1, 0.15) is 0 Å². The highest BCUT2D eigenvalue weighted by atomic mass is 19.4. The third-order valence-corrected chi connectivity index (χ3v) is 1.33. The summed E-state index contributed by atoms with van der Waals surface area (Å²) in [5, 5.41) is 8.70. The first-order valence-electron chi connectivity index (χ1n) is 3.16. The first-order chi connectivity index (χ1) is 5.52. The molecule has 0 saturated heterocycles. The lowest BCUT2D eigenvalue weighted by Crippen LogP contribution is -2.19. The van der Waals surface area contributed by atoms with Gasteiger partial charge >= 0.3 is 6.18 Å². The summed E-state index contributed by atoms with van der Waals surface area (Å²) in [4.78, 5) is 3.53. The van der Waals surface area contributed by atoms with Crippen molar-refractivity contribution >= 4 is 0 Å². The molecule has 0 unspecified atom stereocenters. The fourth-order valence-electron chi connectivity index (χ4n) is 0.735. The molecule has 0 amide bonds. The highest BCUT2D eigenvalue weighted by Gasteiger charge is 2.39. The van der Waals surface area contributed by atoms with E-state index < -0.39 is 12.3 Å². The van der Waals surface area contributed by atoms with Gasteiger partial charge < -0.3 is 5.11 Å². The molecule has 0 aliphatic heterocycles. The first kappa shape index (κ1) is 8.99. The molecule has 0 aliphatic rings. The Labute approximate surface area is 66.7 Å². The average molecular weight is 177 g/mol. The molecule has 1 atom stereocenters. The molecule has 0 saturated carbocycles. The smallest absolute Gasteiger partial charge is 0.379 e. The van der Waals surface area contributed by atoms with Crippen molar-refractivity contribution < 1.29 is 18.3 Å². The van der Waals surface area contributed by atoms with Crippen molar-refractivity contribution in [2.24, 2.45) is 0 Å². The second-order valence-corrected chi connectivity index (χ2v) is 2.22. The van der Waals surface area contributed by atoms with E-state index in [1.165, 1.54) is 12.4 Å². The highest BCUT2D eigenvalue weighted by molar-refractivity contribution is 5.14. The molecule has 1 N–H and O–H groups in total. The third-order valence-electron chi connectivity index (χ3n) is 1.33. The van der Waals surface area contributed by atoms with Crippen molar-refractivity contribution in [3.63, 3.8) is 0 Å². The average Bonchev–Trinajstić information content (AvgIpc) is 2.03. The minimum absolute atomic E-state index is 0.197. The summed E-state index contributed by atoms with van der Waals surface area (Å²) in [5.41, 5.74) is -0.197. The van der Waals surface area contributed by atoms with Gasteiger partial charge in [-0.2, -0.15) is 13.2 Å². The number of aliphatic hydroxyl groups is 1. The van der Waals surface area contributed by atoms with Gasteiger partial charge in [-0.05, 0) is 17.7 Å². The summed E-state index contributed by atoms with van der Waals surface area (Å²) >= 11 is 0. The molecular weight excluding hydrogens is 171 g/mol. The predicted octanol–water partition coefficient (Wildman–Crippen LogP) is 1.68. The van der Waals surface area contributed by atoms with E-state index in [9.17, 15) is 13.2 Å². The summed E-state index contributed by atoms with van der Waals surface area (Å²) in [7, 11) is 0. The molecule has 1 rings (SSSR count). The quantitative estimate of drug-likeness (QED) is 0.707. The Morgan fingerprint density at radius 1 is 1.25 bits per heavy atom. The lowest BCUT2D eigenvalue weighted by molar-refractivity contribution is -0.206. The van der Waals surface area contributed by atoms with Crippen LogP contribution in [-0.4, -0.2) is 16.3 Å². The van der Waals surface area contributed by atoms with E-state index in [4.69, 9.17) is 5.11 Å². The molecule has 2 nitrogen and oxygen atoms in total. The van der Waals surface area contributed by atoms with Crippen LogP contribution in [0.3, 0.4) is 0 Å². The van der Waals surface area contributed by atoms with Crippen molar-refractivity contribution in [2.75, 3.05) is 0 Å². The lowest BCUT2D eigenvalue weighted by Gasteiger charge is -2.13. The summed E-state index contributed by atoms with van der Waals surface area (Å²) in [6.07, 6.45) is -4.63. The van der Waals surface area contributed by atoms with Crippen molar-refractivity contribution in [3.05, 3.63) is 30.1 Å². The van der Waals surface area contributed by atoms with Crippen molar-refractivity contribution in [1.29, 1.82) is 0 Å². The van der Waals surface area contributed by atoms with E-state index in [0.717, 1.165) is 12.1 Å². The largest absolute Gasteiger partial charge is 0.418 e. The maximum atomic E-state index is 11.9. The van der Waals surface area contributed by atoms with Crippen LogP contribution in [0.15, 0.2) is 24.5 Å². The normalized spacial score (nSPS) is 14.3.